The molecule has 4 heteroatoms. The van der Waals surface area contributed by atoms with Crippen molar-refractivity contribution in [2.24, 2.45) is 0 Å². The number of carbonyl (C=O) groups is 1. The first kappa shape index (κ1) is 37.1. The Hall–Kier alpha value is -1.91. The molecule has 0 rings (SSSR count). The predicted octanol–water partition coefficient (Wildman–Crippen LogP) is 9.75. The first-order valence-corrected chi connectivity index (χ1v) is 15.9. The summed E-state index contributed by atoms with van der Waals surface area (Å²) in [5, 5.41) is 9.43. The average Bonchev–Trinajstić information content (AvgIpc) is 2.94. The van der Waals surface area contributed by atoms with Crippen LogP contribution in [0.3, 0.4) is 0 Å². The van der Waals surface area contributed by atoms with Gasteiger partial charge in [0.25, 0.3) is 0 Å². The second-order valence-corrected chi connectivity index (χ2v) is 10.2. The molecule has 1 N–H and O–H groups in total. The van der Waals surface area contributed by atoms with Crippen molar-refractivity contribution in [1.29, 1.82) is 0 Å². The number of allylic oxidation sites excluding steroid dienone is 10. The zero-order valence-corrected chi connectivity index (χ0v) is 25.4. The molecule has 0 bridgehead atoms. The van der Waals surface area contributed by atoms with Gasteiger partial charge >= 0.3 is 5.97 Å². The van der Waals surface area contributed by atoms with Crippen LogP contribution in [-0.2, 0) is 14.3 Å². The zero-order valence-electron chi connectivity index (χ0n) is 25.4. The summed E-state index contributed by atoms with van der Waals surface area (Å²) >= 11 is 0. The SMILES string of the molecule is CC/C=C\C/C=C\C/C=C\C/C=C\C/C=C\CCCCCCCCOCC(CO)OC(=O)CCCCCCC. The van der Waals surface area contributed by atoms with Gasteiger partial charge in [0.2, 0.25) is 0 Å². The minimum atomic E-state index is -0.538. The molecule has 0 aliphatic carbocycles. The van der Waals surface area contributed by atoms with Crippen LogP contribution in [-0.4, -0.2) is 37.0 Å². The number of esters is 1. The smallest absolute Gasteiger partial charge is 0.306 e. The van der Waals surface area contributed by atoms with Crippen LogP contribution in [0.15, 0.2) is 60.8 Å². The molecule has 0 saturated heterocycles. The molecule has 0 aliphatic rings. The minimum absolute atomic E-state index is 0.181. The Morgan fingerprint density at radius 3 is 1.74 bits per heavy atom. The van der Waals surface area contributed by atoms with E-state index < -0.39 is 6.10 Å². The molecular weight excluding hydrogens is 484 g/mol. The normalized spacial score (nSPS) is 13.2. The van der Waals surface area contributed by atoms with E-state index in [1.54, 1.807) is 0 Å². The van der Waals surface area contributed by atoms with E-state index in [9.17, 15) is 9.90 Å². The number of aliphatic hydroxyl groups excluding tert-OH is 1. The standard InChI is InChI=1S/C35H60O4/c1-3-5-7-9-10-11-12-13-14-15-16-17-18-19-20-21-22-23-24-25-27-29-31-38-33-34(32-36)39-35(37)30-28-26-8-6-4-2/h5,7,10-11,13-14,16-17,19-20,34,36H,3-4,6,8-9,12,15,18,21-33H2,1-2H3/b7-5-,11-10-,14-13-,17-16-,20-19-. The molecule has 0 aromatic heterocycles. The van der Waals surface area contributed by atoms with E-state index in [1.165, 1.54) is 44.9 Å². The van der Waals surface area contributed by atoms with Gasteiger partial charge in [-0.2, -0.15) is 0 Å². The Morgan fingerprint density at radius 2 is 1.15 bits per heavy atom. The van der Waals surface area contributed by atoms with Crippen molar-refractivity contribution in [2.45, 2.75) is 136 Å². The molecule has 0 saturated carbocycles. The van der Waals surface area contributed by atoms with E-state index >= 15 is 0 Å². The maximum absolute atomic E-state index is 11.9. The predicted molar refractivity (Wildman–Crippen MR) is 168 cm³/mol. The van der Waals surface area contributed by atoms with Crippen molar-refractivity contribution in [3.8, 4) is 0 Å². The molecule has 0 aromatic carbocycles. The lowest BCUT2D eigenvalue weighted by molar-refractivity contribution is -0.154. The highest BCUT2D eigenvalue weighted by atomic mass is 16.6. The average molecular weight is 545 g/mol. The van der Waals surface area contributed by atoms with Crippen molar-refractivity contribution in [3.63, 3.8) is 0 Å². The summed E-state index contributed by atoms with van der Waals surface area (Å²) in [6.07, 6.45) is 41.4. The third kappa shape index (κ3) is 30.5. The number of rotatable bonds is 28. The van der Waals surface area contributed by atoms with Crippen LogP contribution in [0.5, 0.6) is 0 Å². The van der Waals surface area contributed by atoms with Gasteiger partial charge in [0.05, 0.1) is 13.2 Å². The number of unbranched alkanes of at least 4 members (excludes halogenated alkanes) is 10. The fraction of sp³-hybridized carbons (Fsp3) is 0.686. The molecule has 1 atom stereocenters. The Morgan fingerprint density at radius 1 is 0.641 bits per heavy atom. The summed E-state index contributed by atoms with van der Waals surface area (Å²) in [5.41, 5.74) is 0. The summed E-state index contributed by atoms with van der Waals surface area (Å²) < 4.78 is 11.0. The van der Waals surface area contributed by atoms with Gasteiger partial charge in [-0.25, -0.2) is 0 Å². The maximum Gasteiger partial charge on any atom is 0.306 e. The van der Waals surface area contributed by atoms with Gasteiger partial charge in [-0.05, 0) is 57.8 Å². The maximum atomic E-state index is 11.9. The third-order valence-corrected chi connectivity index (χ3v) is 6.36. The number of hydrogen-bond acceptors (Lipinski definition) is 4. The van der Waals surface area contributed by atoms with Gasteiger partial charge in [0, 0.05) is 13.0 Å². The largest absolute Gasteiger partial charge is 0.457 e. The molecule has 0 fully saturated rings. The molecule has 0 aliphatic heterocycles. The van der Waals surface area contributed by atoms with Crippen molar-refractivity contribution in [1.82, 2.24) is 0 Å². The van der Waals surface area contributed by atoms with Gasteiger partial charge in [0.1, 0.15) is 6.10 Å². The first-order chi connectivity index (χ1) is 19.2. The second-order valence-electron chi connectivity index (χ2n) is 10.2. The van der Waals surface area contributed by atoms with Gasteiger partial charge < -0.3 is 14.6 Å². The highest BCUT2D eigenvalue weighted by Crippen LogP contribution is 2.09. The number of hydrogen-bond donors (Lipinski definition) is 1. The van der Waals surface area contributed by atoms with Crippen LogP contribution < -0.4 is 0 Å². The van der Waals surface area contributed by atoms with Crippen LogP contribution in [0, 0.1) is 0 Å². The molecule has 39 heavy (non-hydrogen) atoms. The molecule has 4 nitrogen and oxygen atoms in total. The molecule has 0 aromatic rings. The van der Waals surface area contributed by atoms with Crippen molar-refractivity contribution >= 4 is 5.97 Å². The van der Waals surface area contributed by atoms with Gasteiger partial charge in [-0.1, -0.05) is 126 Å². The van der Waals surface area contributed by atoms with E-state index in [4.69, 9.17) is 9.47 Å². The molecule has 1 unspecified atom stereocenters. The number of ether oxygens (including phenoxy) is 2. The van der Waals surface area contributed by atoms with E-state index in [1.807, 2.05) is 0 Å². The molecule has 0 amide bonds. The number of carbonyl (C=O) groups excluding carboxylic acids is 1. The van der Waals surface area contributed by atoms with Crippen molar-refractivity contribution < 1.29 is 19.4 Å². The van der Waals surface area contributed by atoms with Crippen LogP contribution >= 0.6 is 0 Å². The Bertz CT molecular complexity index is 660. The topological polar surface area (TPSA) is 55.8 Å². The van der Waals surface area contributed by atoms with Crippen LogP contribution in [0.1, 0.15) is 129 Å². The Labute approximate surface area is 241 Å². The molecule has 0 spiro atoms. The van der Waals surface area contributed by atoms with Crippen LogP contribution in [0.25, 0.3) is 0 Å². The zero-order chi connectivity index (χ0) is 28.5. The highest BCUT2D eigenvalue weighted by molar-refractivity contribution is 5.69. The summed E-state index contributed by atoms with van der Waals surface area (Å²) in [4.78, 5) is 11.9. The lowest BCUT2D eigenvalue weighted by Gasteiger charge is -2.15. The summed E-state index contributed by atoms with van der Waals surface area (Å²) in [6.45, 7) is 5.10. The van der Waals surface area contributed by atoms with E-state index in [0.29, 0.717) is 13.0 Å². The highest BCUT2D eigenvalue weighted by Gasteiger charge is 2.13. The fourth-order valence-electron chi connectivity index (χ4n) is 4.00. The van der Waals surface area contributed by atoms with Crippen molar-refractivity contribution in [3.05, 3.63) is 60.8 Å². The Balaban J connectivity index is 3.49. The van der Waals surface area contributed by atoms with Gasteiger partial charge in [0.15, 0.2) is 0 Å². The van der Waals surface area contributed by atoms with E-state index in [-0.39, 0.29) is 19.2 Å². The lowest BCUT2D eigenvalue weighted by atomic mass is 10.1. The molecule has 0 heterocycles. The Kier molecular flexibility index (Phi) is 30.7. The molecule has 224 valence electrons. The molecular formula is C35H60O4. The van der Waals surface area contributed by atoms with Crippen molar-refractivity contribution in [2.75, 3.05) is 19.8 Å². The fourth-order valence-corrected chi connectivity index (χ4v) is 4.00. The third-order valence-electron chi connectivity index (χ3n) is 6.36. The second kappa shape index (κ2) is 32.3. The van der Waals surface area contributed by atoms with Crippen LogP contribution in [0.4, 0.5) is 0 Å². The molecule has 0 radical (unpaired) electrons. The van der Waals surface area contributed by atoms with Gasteiger partial charge in [-0.15, -0.1) is 0 Å². The summed E-state index contributed by atoms with van der Waals surface area (Å²) in [5.74, 6) is -0.223. The number of aliphatic hydroxyl groups is 1. The monoisotopic (exact) mass is 544 g/mol. The quantitative estimate of drug-likeness (QED) is 0.0605. The summed E-state index contributed by atoms with van der Waals surface area (Å²) in [7, 11) is 0. The van der Waals surface area contributed by atoms with E-state index in [0.717, 1.165) is 64.2 Å². The van der Waals surface area contributed by atoms with Gasteiger partial charge in [-0.3, -0.25) is 4.79 Å². The lowest BCUT2D eigenvalue weighted by Crippen LogP contribution is -2.27. The van der Waals surface area contributed by atoms with E-state index in [2.05, 4.69) is 74.6 Å². The van der Waals surface area contributed by atoms with Crippen LogP contribution in [0.2, 0.25) is 0 Å². The first-order valence-electron chi connectivity index (χ1n) is 15.9. The minimum Gasteiger partial charge on any atom is -0.457 e. The summed E-state index contributed by atoms with van der Waals surface area (Å²) in [6, 6.07) is 0.